The molecule has 0 unspecified atom stereocenters. The molecule has 0 aromatic carbocycles. The van der Waals surface area contributed by atoms with E-state index in [2.05, 4.69) is 4.98 Å². The fraction of sp³-hybridized carbons (Fsp3) is 0.545. The normalized spacial score (nSPS) is 21.9. The van der Waals surface area contributed by atoms with E-state index < -0.39 is 0 Å². The molecular formula is C11H15NO2. The van der Waals surface area contributed by atoms with Gasteiger partial charge >= 0.3 is 0 Å². The average Bonchev–Trinajstić information content (AvgIpc) is 2.29. The number of hydrogen-bond donors (Lipinski definition) is 0. The fourth-order valence-corrected chi connectivity index (χ4v) is 1.56. The Bertz CT molecular complexity index is 257. The van der Waals surface area contributed by atoms with E-state index in [1.54, 1.807) is 12.4 Å². The third kappa shape index (κ3) is 2.70. The van der Waals surface area contributed by atoms with Crippen molar-refractivity contribution in [3.05, 3.63) is 24.5 Å². The Kier molecular flexibility index (Phi) is 3.35. The first-order chi connectivity index (χ1) is 6.95. The number of hydrogen-bond acceptors (Lipinski definition) is 3. The quantitative estimate of drug-likeness (QED) is 0.736. The van der Waals surface area contributed by atoms with Gasteiger partial charge in [0.1, 0.15) is 12.4 Å². The Morgan fingerprint density at radius 2 is 2.21 bits per heavy atom. The molecule has 0 spiro atoms. The first-order valence-electron chi connectivity index (χ1n) is 5.09. The molecule has 2 rings (SSSR count). The van der Waals surface area contributed by atoms with Gasteiger partial charge in [0.25, 0.3) is 0 Å². The van der Waals surface area contributed by atoms with Crippen molar-refractivity contribution >= 4 is 0 Å². The number of pyridine rings is 1. The summed E-state index contributed by atoms with van der Waals surface area (Å²) in [6.45, 7) is 1.54. The fourth-order valence-electron chi connectivity index (χ4n) is 1.56. The van der Waals surface area contributed by atoms with Crippen LogP contribution < -0.4 is 4.74 Å². The first-order valence-corrected chi connectivity index (χ1v) is 5.09. The Morgan fingerprint density at radius 1 is 1.36 bits per heavy atom. The molecule has 0 saturated carbocycles. The largest absolute Gasteiger partial charge is 0.491 e. The molecule has 3 heteroatoms. The van der Waals surface area contributed by atoms with E-state index in [-0.39, 0.29) is 6.10 Å². The molecule has 1 saturated heterocycles. The lowest BCUT2D eigenvalue weighted by Gasteiger charge is -2.22. The minimum Gasteiger partial charge on any atom is -0.491 e. The smallest absolute Gasteiger partial charge is 0.122 e. The molecule has 1 atom stereocenters. The summed E-state index contributed by atoms with van der Waals surface area (Å²) >= 11 is 0. The van der Waals surface area contributed by atoms with Crippen LogP contribution in [0.25, 0.3) is 0 Å². The zero-order chi connectivity index (χ0) is 9.64. The molecule has 0 N–H and O–H groups in total. The monoisotopic (exact) mass is 193 g/mol. The molecule has 2 heterocycles. The topological polar surface area (TPSA) is 31.4 Å². The molecule has 1 aliphatic heterocycles. The summed E-state index contributed by atoms with van der Waals surface area (Å²) in [6.07, 6.45) is 7.30. The maximum atomic E-state index is 5.58. The van der Waals surface area contributed by atoms with Crippen LogP contribution in [0.5, 0.6) is 5.75 Å². The Morgan fingerprint density at radius 3 is 2.93 bits per heavy atom. The van der Waals surface area contributed by atoms with Crippen molar-refractivity contribution < 1.29 is 9.47 Å². The van der Waals surface area contributed by atoms with Gasteiger partial charge in [-0.1, -0.05) is 0 Å². The van der Waals surface area contributed by atoms with Crippen LogP contribution in [0.2, 0.25) is 0 Å². The van der Waals surface area contributed by atoms with E-state index in [0.29, 0.717) is 6.61 Å². The highest BCUT2D eigenvalue weighted by Crippen LogP contribution is 2.14. The lowest BCUT2D eigenvalue weighted by atomic mass is 10.1. The highest BCUT2D eigenvalue weighted by atomic mass is 16.5. The van der Waals surface area contributed by atoms with E-state index in [4.69, 9.17) is 9.47 Å². The van der Waals surface area contributed by atoms with Gasteiger partial charge in [-0.15, -0.1) is 0 Å². The second-order valence-electron chi connectivity index (χ2n) is 3.48. The Hall–Kier alpha value is -1.09. The lowest BCUT2D eigenvalue weighted by Crippen LogP contribution is -2.25. The van der Waals surface area contributed by atoms with Gasteiger partial charge in [-0.3, -0.25) is 4.98 Å². The summed E-state index contributed by atoms with van der Waals surface area (Å²) in [5, 5.41) is 0. The van der Waals surface area contributed by atoms with E-state index in [0.717, 1.165) is 18.8 Å². The minimum absolute atomic E-state index is 0.275. The minimum atomic E-state index is 0.275. The molecule has 3 nitrogen and oxygen atoms in total. The van der Waals surface area contributed by atoms with E-state index >= 15 is 0 Å². The van der Waals surface area contributed by atoms with Gasteiger partial charge in [0, 0.05) is 19.0 Å². The van der Waals surface area contributed by atoms with Crippen molar-refractivity contribution in [3.63, 3.8) is 0 Å². The third-order valence-electron chi connectivity index (χ3n) is 2.36. The third-order valence-corrected chi connectivity index (χ3v) is 2.36. The van der Waals surface area contributed by atoms with Crippen molar-refractivity contribution in [2.75, 3.05) is 13.2 Å². The van der Waals surface area contributed by atoms with Crippen LogP contribution in [0.15, 0.2) is 24.5 Å². The number of ether oxygens (including phenoxy) is 2. The maximum absolute atomic E-state index is 5.58. The van der Waals surface area contributed by atoms with Crippen LogP contribution in [0.4, 0.5) is 0 Å². The first kappa shape index (κ1) is 9.46. The van der Waals surface area contributed by atoms with Crippen LogP contribution in [0.3, 0.4) is 0 Å². The molecule has 1 aromatic rings. The number of rotatable bonds is 3. The summed E-state index contributed by atoms with van der Waals surface area (Å²) in [5.41, 5.74) is 0. The summed E-state index contributed by atoms with van der Waals surface area (Å²) < 4.78 is 11.1. The SMILES string of the molecule is c1cc(OC[C@H]2CCCCO2)ccn1. The summed E-state index contributed by atoms with van der Waals surface area (Å²) in [6, 6.07) is 3.73. The van der Waals surface area contributed by atoms with Gasteiger partial charge in [-0.25, -0.2) is 0 Å². The van der Waals surface area contributed by atoms with E-state index in [1.165, 1.54) is 12.8 Å². The van der Waals surface area contributed by atoms with Gasteiger partial charge < -0.3 is 9.47 Å². The van der Waals surface area contributed by atoms with Crippen molar-refractivity contribution in [2.45, 2.75) is 25.4 Å². The van der Waals surface area contributed by atoms with Crippen molar-refractivity contribution in [3.8, 4) is 5.75 Å². The Balaban J connectivity index is 1.76. The molecular weight excluding hydrogens is 178 g/mol. The van der Waals surface area contributed by atoms with Crippen molar-refractivity contribution in [1.82, 2.24) is 4.98 Å². The van der Waals surface area contributed by atoms with E-state index in [1.807, 2.05) is 12.1 Å². The second-order valence-corrected chi connectivity index (χ2v) is 3.48. The zero-order valence-corrected chi connectivity index (χ0v) is 8.19. The zero-order valence-electron chi connectivity index (χ0n) is 8.19. The summed E-state index contributed by atoms with van der Waals surface area (Å²) in [4.78, 5) is 3.93. The number of nitrogens with zero attached hydrogens (tertiary/aromatic N) is 1. The lowest BCUT2D eigenvalue weighted by molar-refractivity contribution is -0.0110. The number of aromatic nitrogens is 1. The highest BCUT2D eigenvalue weighted by molar-refractivity contribution is 5.16. The van der Waals surface area contributed by atoms with Gasteiger partial charge in [0.2, 0.25) is 0 Å². The molecule has 0 amide bonds. The van der Waals surface area contributed by atoms with Crippen LogP contribution in [-0.2, 0) is 4.74 Å². The summed E-state index contributed by atoms with van der Waals surface area (Å²) in [5.74, 6) is 0.870. The van der Waals surface area contributed by atoms with Crippen LogP contribution in [-0.4, -0.2) is 24.3 Å². The predicted molar refractivity (Wildman–Crippen MR) is 53.3 cm³/mol. The summed E-state index contributed by atoms with van der Waals surface area (Å²) in [7, 11) is 0. The van der Waals surface area contributed by atoms with Gasteiger partial charge in [0.05, 0.1) is 6.10 Å². The van der Waals surface area contributed by atoms with E-state index in [9.17, 15) is 0 Å². The van der Waals surface area contributed by atoms with Gasteiger partial charge in [-0.2, -0.15) is 0 Å². The van der Waals surface area contributed by atoms with Crippen LogP contribution >= 0.6 is 0 Å². The molecule has 1 aromatic heterocycles. The standard InChI is InChI=1S/C11H15NO2/c1-2-8-13-11(3-1)9-14-10-4-6-12-7-5-10/h4-7,11H,1-3,8-9H2/t11-/m1/s1. The molecule has 0 radical (unpaired) electrons. The molecule has 1 fully saturated rings. The molecule has 0 bridgehead atoms. The van der Waals surface area contributed by atoms with Gasteiger partial charge in [-0.05, 0) is 31.4 Å². The molecule has 1 aliphatic rings. The van der Waals surface area contributed by atoms with Crippen LogP contribution in [0, 0.1) is 0 Å². The predicted octanol–water partition coefficient (Wildman–Crippen LogP) is 2.03. The molecule has 0 aliphatic carbocycles. The molecule has 76 valence electrons. The van der Waals surface area contributed by atoms with Gasteiger partial charge in [0.15, 0.2) is 0 Å². The average molecular weight is 193 g/mol. The maximum Gasteiger partial charge on any atom is 0.122 e. The second kappa shape index (κ2) is 4.96. The molecule has 14 heavy (non-hydrogen) atoms. The highest BCUT2D eigenvalue weighted by Gasteiger charge is 2.13. The van der Waals surface area contributed by atoms with Crippen molar-refractivity contribution in [2.24, 2.45) is 0 Å². The Labute approximate surface area is 84.1 Å². The van der Waals surface area contributed by atoms with Crippen molar-refractivity contribution in [1.29, 1.82) is 0 Å². The van der Waals surface area contributed by atoms with Crippen LogP contribution in [0.1, 0.15) is 19.3 Å².